The maximum absolute atomic E-state index is 13.6. The summed E-state index contributed by atoms with van der Waals surface area (Å²) in [5.41, 5.74) is 3.20. The summed E-state index contributed by atoms with van der Waals surface area (Å²) in [4.78, 5) is 19.0. The van der Waals surface area contributed by atoms with E-state index in [-0.39, 0.29) is 23.1 Å². The molecule has 32 heavy (non-hydrogen) atoms. The summed E-state index contributed by atoms with van der Waals surface area (Å²) < 4.78 is 37.7. The molecular formula is C24H27F2N3O3. The number of rotatable bonds is 6. The zero-order valence-electron chi connectivity index (χ0n) is 18.5. The lowest BCUT2D eigenvalue weighted by atomic mass is 9.91. The molecule has 6 nitrogen and oxygen atoms in total. The number of hydrogen-bond acceptors (Lipinski definition) is 5. The van der Waals surface area contributed by atoms with Crippen molar-refractivity contribution in [1.29, 1.82) is 0 Å². The quantitative estimate of drug-likeness (QED) is 0.529. The number of pyridine rings is 1. The van der Waals surface area contributed by atoms with Crippen LogP contribution in [0.4, 0.5) is 8.78 Å². The number of alkyl halides is 2. The topological polar surface area (TPSA) is 68.5 Å². The summed E-state index contributed by atoms with van der Waals surface area (Å²) in [6.07, 6.45) is -0.194. The molecule has 0 unspecified atom stereocenters. The van der Waals surface area contributed by atoms with Gasteiger partial charge in [-0.25, -0.2) is 13.8 Å². The zero-order valence-corrected chi connectivity index (χ0v) is 18.5. The molecule has 3 heterocycles. The minimum absolute atomic E-state index is 0.00714. The van der Waals surface area contributed by atoms with Crippen molar-refractivity contribution in [1.82, 2.24) is 15.0 Å². The van der Waals surface area contributed by atoms with E-state index in [1.54, 1.807) is 14.0 Å². The first-order valence-electron chi connectivity index (χ1n) is 10.8. The summed E-state index contributed by atoms with van der Waals surface area (Å²) in [6, 6.07) is 7.47. The lowest BCUT2D eigenvalue weighted by Crippen LogP contribution is -2.38. The second kappa shape index (κ2) is 9.22. The summed E-state index contributed by atoms with van der Waals surface area (Å²) in [5, 5.41) is 4.09. The van der Waals surface area contributed by atoms with Crippen molar-refractivity contribution in [2.75, 3.05) is 20.2 Å². The molecule has 0 atom stereocenters. The van der Waals surface area contributed by atoms with E-state index in [4.69, 9.17) is 9.26 Å². The Morgan fingerprint density at radius 3 is 2.69 bits per heavy atom. The highest BCUT2D eigenvalue weighted by Crippen LogP contribution is 2.35. The third kappa shape index (κ3) is 4.45. The van der Waals surface area contributed by atoms with Crippen LogP contribution in [0.15, 0.2) is 28.8 Å². The van der Waals surface area contributed by atoms with Crippen LogP contribution >= 0.6 is 0 Å². The van der Waals surface area contributed by atoms with Gasteiger partial charge in [-0.3, -0.25) is 4.79 Å². The van der Waals surface area contributed by atoms with Gasteiger partial charge < -0.3 is 14.2 Å². The number of amides is 1. The molecule has 4 rings (SSSR count). The number of nitrogens with zero attached hydrogens (tertiary/aromatic N) is 3. The smallest absolute Gasteiger partial charge is 0.264 e. The molecule has 1 aliphatic rings. The SMILES string of the molecule is COc1cc(CCC(=O)N2CCC(c3cc(C(F)F)c4c(C)noc4n3)CC2)ccc1C. The standard InChI is InChI=1S/C24H27F2N3O3/c1-14-4-5-16(12-20(14)31-3)6-7-21(30)29-10-8-17(9-11-29)19-13-18(23(25)26)22-15(2)28-32-24(22)27-19/h4-5,12-13,17,23H,6-11H2,1-3H3. The number of hydrogen-bond donors (Lipinski definition) is 0. The fourth-order valence-electron chi connectivity index (χ4n) is 4.38. The van der Waals surface area contributed by atoms with Crippen LogP contribution in [0.25, 0.3) is 11.1 Å². The van der Waals surface area contributed by atoms with E-state index in [0.29, 0.717) is 55.5 Å². The molecule has 0 saturated carbocycles. The summed E-state index contributed by atoms with van der Waals surface area (Å²) >= 11 is 0. The Morgan fingerprint density at radius 1 is 1.25 bits per heavy atom. The second-order valence-corrected chi connectivity index (χ2v) is 8.34. The van der Waals surface area contributed by atoms with Crippen LogP contribution in [-0.2, 0) is 11.2 Å². The molecule has 0 bridgehead atoms. The minimum atomic E-state index is -2.63. The molecule has 1 aromatic carbocycles. The third-order valence-electron chi connectivity index (χ3n) is 6.27. The van der Waals surface area contributed by atoms with Crippen molar-refractivity contribution >= 4 is 17.0 Å². The average molecular weight is 443 g/mol. The molecule has 8 heteroatoms. The Hall–Kier alpha value is -3.03. The van der Waals surface area contributed by atoms with Crippen LogP contribution in [0.3, 0.4) is 0 Å². The molecule has 1 aliphatic heterocycles. The molecule has 0 N–H and O–H groups in total. The van der Waals surface area contributed by atoms with Gasteiger partial charge in [-0.15, -0.1) is 0 Å². The number of ether oxygens (including phenoxy) is 1. The highest BCUT2D eigenvalue weighted by molar-refractivity contribution is 5.80. The number of carbonyl (C=O) groups excluding carboxylic acids is 1. The number of carbonyl (C=O) groups is 1. The molecule has 170 valence electrons. The molecule has 1 amide bonds. The van der Waals surface area contributed by atoms with E-state index >= 15 is 0 Å². The zero-order chi connectivity index (χ0) is 22.8. The van der Waals surface area contributed by atoms with Gasteiger partial charge >= 0.3 is 0 Å². The van der Waals surface area contributed by atoms with Crippen molar-refractivity contribution in [2.45, 2.75) is 51.9 Å². The van der Waals surface area contributed by atoms with Crippen molar-refractivity contribution < 1.29 is 22.8 Å². The normalized spacial score (nSPS) is 15.0. The number of aromatic nitrogens is 2. The average Bonchev–Trinajstić information content (AvgIpc) is 3.18. The Balaban J connectivity index is 1.38. The molecule has 1 fully saturated rings. The van der Waals surface area contributed by atoms with E-state index in [2.05, 4.69) is 10.1 Å². The fraction of sp³-hybridized carbons (Fsp3) is 0.458. The number of fused-ring (bicyclic) bond motifs is 1. The van der Waals surface area contributed by atoms with Crippen molar-refractivity contribution in [2.24, 2.45) is 0 Å². The van der Waals surface area contributed by atoms with Crippen LogP contribution in [-0.4, -0.2) is 41.1 Å². The minimum Gasteiger partial charge on any atom is -0.496 e. The van der Waals surface area contributed by atoms with E-state index in [1.807, 2.05) is 30.0 Å². The van der Waals surface area contributed by atoms with Gasteiger partial charge in [-0.1, -0.05) is 17.3 Å². The van der Waals surface area contributed by atoms with Gasteiger partial charge in [0, 0.05) is 36.7 Å². The van der Waals surface area contributed by atoms with Gasteiger partial charge in [0.1, 0.15) is 5.75 Å². The predicted octanol–water partition coefficient (Wildman–Crippen LogP) is 5.12. The van der Waals surface area contributed by atoms with Gasteiger partial charge in [0.15, 0.2) is 0 Å². The highest BCUT2D eigenvalue weighted by atomic mass is 19.3. The lowest BCUT2D eigenvalue weighted by Gasteiger charge is -2.32. The first-order chi connectivity index (χ1) is 15.4. The number of aryl methyl sites for hydroxylation is 3. The Kier molecular flexibility index (Phi) is 6.39. The molecule has 2 aromatic heterocycles. The molecule has 0 spiro atoms. The number of piperidine rings is 1. The molecular weight excluding hydrogens is 416 g/mol. The predicted molar refractivity (Wildman–Crippen MR) is 116 cm³/mol. The van der Waals surface area contributed by atoms with Crippen molar-refractivity contribution in [3.05, 3.63) is 52.3 Å². The Morgan fingerprint density at radius 2 is 2.00 bits per heavy atom. The number of likely N-dealkylation sites (tertiary alicyclic amines) is 1. The van der Waals surface area contributed by atoms with Crippen LogP contribution < -0.4 is 4.74 Å². The molecule has 0 aliphatic carbocycles. The van der Waals surface area contributed by atoms with Crippen molar-refractivity contribution in [3.63, 3.8) is 0 Å². The van der Waals surface area contributed by atoms with Crippen LogP contribution in [0.1, 0.15) is 59.7 Å². The second-order valence-electron chi connectivity index (χ2n) is 8.34. The van der Waals surface area contributed by atoms with Crippen molar-refractivity contribution in [3.8, 4) is 5.75 Å². The van der Waals surface area contributed by atoms with Gasteiger partial charge in [0.25, 0.3) is 12.1 Å². The lowest BCUT2D eigenvalue weighted by molar-refractivity contribution is -0.132. The maximum atomic E-state index is 13.6. The largest absolute Gasteiger partial charge is 0.496 e. The monoisotopic (exact) mass is 443 g/mol. The maximum Gasteiger partial charge on any atom is 0.264 e. The number of benzene rings is 1. The molecule has 3 aromatic rings. The highest BCUT2D eigenvalue weighted by Gasteiger charge is 2.27. The van der Waals surface area contributed by atoms with E-state index in [1.165, 1.54) is 6.07 Å². The summed E-state index contributed by atoms with van der Waals surface area (Å²) in [6.45, 7) is 4.79. The van der Waals surface area contributed by atoms with E-state index < -0.39 is 6.43 Å². The first-order valence-corrected chi connectivity index (χ1v) is 10.8. The van der Waals surface area contributed by atoms with Crippen LogP contribution in [0, 0.1) is 13.8 Å². The summed E-state index contributed by atoms with van der Waals surface area (Å²) in [7, 11) is 1.64. The van der Waals surface area contributed by atoms with Gasteiger partial charge in [0.2, 0.25) is 5.91 Å². The van der Waals surface area contributed by atoms with E-state index in [9.17, 15) is 13.6 Å². The van der Waals surface area contributed by atoms with Crippen LogP contribution in [0.2, 0.25) is 0 Å². The van der Waals surface area contributed by atoms with Gasteiger partial charge in [-0.05, 0) is 56.4 Å². The summed E-state index contributed by atoms with van der Waals surface area (Å²) in [5.74, 6) is 0.934. The fourth-order valence-corrected chi connectivity index (χ4v) is 4.38. The third-order valence-corrected chi connectivity index (χ3v) is 6.27. The first kappa shape index (κ1) is 22.2. The van der Waals surface area contributed by atoms with Gasteiger partial charge in [-0.2, -0.15) is 0 Å². The number of halogens is 2. The van der Waals surface area contributed by atoms with E-state index in [0.717, 1.165) is 16.9 Å². The van der Waals surface area contributed by atoms with Crippen LogP contribution in [0.5, 0.6) is 5.75 Å². The molecule has 1 saturated heterocycles. The molecule has 0 radical (unpaired) electrons. The Labute approximate surface area is 185 Å². The van der Waals surface area contributed by atoms with Gasteiger partial charge in [0.05, 0.1) is 18.2 Å². The number of methoxy groups -OCH3 is 1. The Bertz CT molecular complexity index is 1120.